The van der Waals surface area contributed by atoms with Crippen LogP contribution in [0.2, 0.25) is 0 Å². The zero-order chi connectivity index (χ0) is 24.2. The normalized spacial score (nSPS) is 11.1. The number of methoxy groups -OCH3 is 1. The summed E-state index contributed by atoms with van der Waals surface area (Å²) in [5.74, 6) is -0.753. The van der Waals surface area contributed by atoms with Crippen LogP contribution in [0.3, 0.4) is 0 Å². The molecule has 0 aliphatic heterocycles. The minimum Gasteiger partial charge on any atom is -0.383 e. The first-order chi connectivity index (χ1) is 16.4. The van der Waals surface area contributed by atoms with Gasteiger partial charge in [-0.05, 0) is 39.0 Å². The van der Waals surface area contributed by atoms with E-state index in [1.54, 1.807) is 28.7 Å². The summed E-state index contributed by atoms with van der Waals surface area (Å²) < 4.78 is 8.32. The molecular weight excluding hydrogens is 434 g/mol. The van der Waals surface area contributed by atoms with Crippen LogP contribution >= 0.6 is 0 Å². The molecule has 2 amide bonds. The molecule has 1 aromatic carbocycles. The number of nitrogens with one attached hydrogen (secondary N) is 2. The Hall–Kier alpha value is -4.05. The first kappa shape index (κ1) is 23.1. The van der Waals surface area contributed by atoms with E-state index in [1.165, 1.54) is 0 Å². The summed E-state index contributed by atoms with van der Waals surface area (Å²) in [6.45, 7) is 6.85. The summed E-state index contributed by atoms with van der Waals surface area (Å²) in [4.78, 5) is 30.8. The van der Waals surface area contributed by atoms with E-state index in [0.29, 0.717) is 53.4 Å². The number of fused-ring (bicyclic) bond motifs is 1. The Morgan fingerprint density at radius 1 is 1.09 bits per heavy atom. The molecule has 4 aromatic rings. The second-order valence-corrected chi connectivity index (χ2v) is 7.79. The molecule has 0 saturated carbocycles. The highest BCUT2D eigenvalue weighted by molar-refractivity contribution is 6.14. The molecule has 0 bridgehead atoms. The van der Waals surface area contributed by atoms with E-state index in [2.05, 4.69) is 25.8 Å². The molecule has 0 aliphatic carbocycles. The van der Waals surface area contributed by atoms with E-state index in [4.69, 9.17) is 4.74 Å². The summed E-state index contributed by atoms with van der Waals surface area (Å²) in [7, 11) is 1.56. The van der Waals surface area contributed by atoms with Gasteiger partial charge in [-0.1, -0.05) is 18.2 Å². The summed E-state index contributed by atoms with van der Waals surface area (Å²) in [5.41, 5.74) is 3.70. The number of hydrogen-bond acceptors (Lipinski definition) is 6. The average Bonchev–Trinajstić information content (AvgIpc) is 3.40. The van der Waals surface area contributed by atoms with E-state index >= 15 is 0 Å². The van der Waals surface area contributed by atoms with Gasteiger partial charge < -0.3 is 15.4 Å². The first-order valence-electron chi connectivity index (χ1n) is 11.0. The maximum atomic E-state index is 13.4. The van der Waals surface area contributed by atoms with Crippen LogP contribution in [0.1, 0.15) is 39.2 Å². The topological polar surface area (TPSA) is 116 Å². The third kappa shape index (κ3) is 4.53. The summed E-state index contributed by atoms with van der Waals surface area (Å²) in [6, 6.07) is 11.4. The third-order valence-corrected chi connectivity index (χ3v) is 5.33. The van der Waals surface area contributed by atoms with Crippen molar-refractivity contribution in [1.82, 2.24) is 29.9 Å². The number of carbonyl (C=O) groups is 2. The first-order valence-corrected chi connectivity index (χ1v) is 11.0. The Morgan fingerprint density at radius 2 is 1.85 bits per heavy atom. The Morgan fingerprint density at radius 3 is 2.56 bits per heavy atom. The molecule has 0 saturated heterocycles. The van der Waals surface area contributed by atoms with Gasteiger partial charge >= 0.3 is 0 Å². The number of ether oxygens (including phenoxy) is 1. The molecule has 0 atom stereocenters. The van der Waals surface area contributed by atoms with Gasteiger partial charge in [-0.2, -0.15) is 10.2 Å². The Labute approximate surface area is 196 Å². The van der Waals surface area contributed by atoms with Crippen molar-refractivity contribution in [2.45, 2.75) is 27.3 Å². The lowest BCUT2D eigenvalue weighted by Crippen LogP contribution is -2.28. The standard InChI is InChI=1S/C24H27N7O3/c1-5-30-14-19(21(29-30)24(33)25-11-12-34-4)27-23(32)18-13-15(2)26-22-20(18)16(3)28-31(22)17-9-7-6-8-10-17/h6-10,13-14H,5,11-12H2,1-4H3,(H,25,33)(H,27,32). The van der Waals surface area contributed by atoms with Crippen molar-refractivity contribution in [1.29, 1.82) is 0 Å². The summed E-state index contributed by atoms with van der Waals surface area (Å²) >= 11 is 0. The number of benzene rings is 1. The van der Waals surface area contributed by atoms with Crippen LogP contribution in [0, 0.1) is 13.8 Å². The van der Waals surface area contributed by atoms with Crippen LogP contribution in [0.4, 0.5) is 5.69 Å². The molecule has 10 nitrogen and oxygen atoms in total. The lowest BCUT2D eigenvalue weighted by atomic mass is 10.1. The quantitative estimate of drug-likeness (QED) is 0.390. The van der Waals surface area contributed by atoms with Gasteiger partial charge in [0, 0.05) is 32.1 Å². The summed E-state index contributed by atoms with van der Waals surface area (Å²) in [6.07, 6.45) is 1.65. The second kappa shape index (κ2) is 9.84. The Bertz CT molecular complexity index is 1340. The number of nitrogens with zero attached hydrogens (tertiary/aromatic N) is 5. The Kier molecular flexibility index (Phi) is 6.69. The number of aromatic nitrogens is 5. The highest BCUT2D eigenvalue weighted by Crippen LogP contribution is 2.26. The molecule has 3 aromatic heterocycles. The molecule has 0 aliphatic rings. The fourth-order valence-electron chi connectivity index (χ4n) is 3.72. The highest BCUT2D eigenvalue weighted by atomic mass is 16.5. The van der Waals surface area contributed by atoms with Crippen LogP contribution in [0.15, 0.2) is 42.6 Å². The van der Waals surface area contributed by atoms with E-state index in [1.807, 2.05) is 51.1 Å². The largest absolute Gasteiger partial charge is 0.383 e. The number of aryl methyl sites for hydroxylation is 3. The molecule has 0 radical (unpaired) electrons. The highest BCUT2D eigenvalue weighted by Gasteiger charge is 2.23. The van der Waals surface area contributed by atoms with Gasteiger partial charge in [0.25, 0.3) is 11.8 Å². The van der Waals surface area contributed by atoms with Crippen molar-refractivity contribution in [3.05, 3.63) is 65.2 Å². The van der Waals surface area contributed by atoms with Crippen LogP contribution in [-0.4, -0.2) is 56.6 Å². The molecule has 4 rings (SSSR count). The predicted molar refractivity (Wildman–Crippen MR) is 128 cm³/mol. The van der Waals surface area contributed by atoms with Crippen LogP contribution in [0.5, 0.6) is 0 Å². The zero-order valence-corrected chi connectivity index (χ0v) is 19.6. The molecule has 2 N–H and O–H groups in total. The lowest BCUT2D eigenvalue weighted by Gasteiger charge is -2.09. The third-order valence-electron chi connectivity index (χ3n) is 5.33. The number of hydrogen-bond donors (Lipinski definition) is 2. The number of carbonyl (C=O) groups excluding carboxylic acids is 2. The average molecular weight is 462 g/mol. The van der Waals surface area contributed by atoms with Gasteiger partial charge in [0.1, 0.15) is 0 Å². The monoisotopic (exact) mass is 461 g/mol. The van der Waals surface area contributed by atoms with E-state index in [9.17, 15) is 9.59 Å². The number of pyridine rings is 1. The number of amides is 2. The van der Waals surface area contributed by atoms with Crippen molar-refractivity contribution in [2.75, 3.05) is 25.6 Å². The van der Waals surface area contributed by atoms with Gasteiger partial charge in [0.2, 0.25) is 0 Å². The van der Waals surface area contributed by atoms with Crippen molar-refractivity contribution in [3.63, 3.8) is 0 Å². The van der Waals surface area contributed by atoms with Crippen molar-refractivity contribution < 1.29 is 14.3 Å². The number of anilines is 1. The molecule has 176 valence electrons. The zero-order valence-electron chi connectivity index (χ0n) is 19.6. The van der Waals surface area contributed by atoms with Gasteiger partial charge in [0.05, 0.1) is 34.6 Å². The minimum absolute atomic E-state index is 0.144. The molecule has 0 spiro atoms. The fourth-order valence-corrected chi connectivity index (χ4v) is 3.72. The molecule has 0 unspecified atom stereocenters. The van der Waals surface area contributed by atoms with Gasteiger partial charge in [-0.15, -0.1) is 0 Å². The molecular formula is C24H27N7O3. The smallest absolute Gasteiger partial charge is 0.274 e. The maximum Gasteiger partial charge on any atom is 0.274 e. The van der Waals surface area contributed by atoms with E-state index in [-0.39, 0.29) is 17.5 Å². The van der Waals surface area contributed by atoms with Crippen LogP contribution < -0.4 is 10.6 Å². The number of para-hydroxylation sites is 1. The van der Waals surface area contributed by atoms with Crippen molar-refractivity contribution >= 4 is 28.5 Å². The second-order valence-electron chi connectivity index (χ2n) is 7.79. The van der Waals surface area contributed by atoms with E-state index < -0.39 is 0 Å². The molecule has 34 heavy (non-hydrogen) atoms. The summed E-state index contributed by atoms with van der Waals surface area (Å²) in [5, 5.41) is 15.2. The van der Waals surface area contributed by atoms with Crippen molar-refractivity contribution in [3.8, 4) is 5.69 Å². The number of rotatable bonds is 8. The molecule has 10 heteroatoms. The SMILES string of the molecule is CCn1cc(NC(=O)c2cc(C)nc3c2c(C)nn3-c2ccccc2)c(C(=O)NCCOC)n1. The van der Waals surface area contributed by atoms with Crippen LogP contribution in [0.25, 0.3) is 16.7 Å². The maximum absolute atomic E-state index is 13.4. The minimum atomic E-state index is -0.385. The predicted octanol–water partition coefficient (Wildman–Crippen LogP) is 2.88. The molecule has 3 heterocycles. The molecule has 0 fully saturated rings. The van der Waals surface area contributed by atoms with Gasteiger partial charge in [-0.25, -0.2) is 9.67 Å². The fraction of sp³-hybridized carbons (Fsp3) is 0.292. The lowest BCUT2D eigenvalue weighted by molar-refractivity contribution is 0.0932. The van der Waals surface area contributed by atoms with Gasteiger partial charge in [0.15, 0.2) is 11.3 Å². The van der Waals surface area contributed by atoms with Gasteiger partial charge in [-0.3, -0.25) is 14.3 Å². The Balaban J connectivity index is 1.72. The van der Waals surface area contributed by atoms with E-state index in [0.717, 1.165) is 5.69 Å². The van der Waals surface area contributed by atoms with Crippen LogP contribution in [-0.2, 0) is 11.3 Å². The van der Waals surface area contributed by atoms with Crippen molar-refractivity contribution in [2.24, 2.45) is 0 Å².